The molecule has 0 bridgehead atoms. The van der Waals surface area contributed by atoms with E-state index in [0.29, 0.717) is 35.3 Å². The van der Waals surface area contributed by atoms with Gasteiger partial charge in [-0.05, 0) is 40.5 Å². The van der Waals surface area contributed by atoms with Gasteiger partial charge < -0.3 is 9.73 Å². The lowest BCUT2D eigenvalue weighted by Gasteiger charge is -2.07. The number of aromatic nitrogens is 4. The van der Waals surface area contributed by atoms with Crippen molar-refractivity contribution in [3.05, 3.63) is 80.8 Å². The van der Waals surface area contributed by atoms with Crippen LogP contribution in [0.1, 0.15) is 21.7 Å². The van der Waals surface area contributed by atoms with E-state index in [0.717, 1.165) is 11.1 Å². The average Bonchev–Trinajstić information content (AvgIpc) is 3.31. The maximum absolute atomic E-state index is 12.8. The van der Waals surface area contributed by atoms with Gasteiger partial charge in [-0.25, -0.2) is 9.67 Å². The van der Waals surface area contributed by atoms with E-state index in [1.54, 1.807) is 21.4 Å². The summed E-state index contributed by atoms with van der Waals surface area (Å²) in [6, 6.07) is 11.2. The summed E-state index contributed by atoms with van der Waals surface area (Å²) in [6.07, 6.45) is 3.05. The van der Waals surface area contributed by atoms with E-state index in [4.69, 9.17) is 4.42 Å². The summed E-state index contributed by atoms with van der Waals surface area (Å²) in [5.74, 6) is -0.0972. The highest BCUT2D eigenvalue weighted by atomic mass is 79.9. The molecule has 9 heteroatoms. The van der Waals surface area contributed by atoms with Gasteiger partial charge in [0.25, 0.3) is 11.5 Å². The molecule has 3 heterocycles. The number of hydrogen-bond acceptors (Lipinski definition) is 5. The van der Waals surface area contributed by atoms with Crippen LogP contribution in [0, 0.1) is 6.92 Å². The van der Waals surface area contributed by atoms with Crippen LogP contribution in [-0.2, 0) is 13.1 Å². The van der Waals surface area contributed by atoms with E-state index in [1.807, 2.05) is 31.2 Å². The minimum atomic E-state index is -0.319. The molecule has 1 N–H and O–H groups in total. The smallest absolute Gasteiger partial charge is 0.287 e. The monoisotopic (exact) mass is 455 g/mol. The van der Waals surface area contributed by atoms with Crippen LogP contribution in [0.4, 0.5) is 0 Å². The van der Waals surface area contributed by atoms with Crippen molar-refractivity contribution in [1.82, 2.24) is 24.6 Å². The van der Waals surface area contributed by atoms with E-state index >= 15 is 0 Å². The summed E-state index contributed by atoms with van der Waals surface area (Å²) in [7, 11) is 0. The minimum absolute atomic E-state index is 0.146. The van der Waals surface area contributed by atoms with Crippen molar-refractivity contribution in [1.29, 1.82) is 0 Å². The van der Waals surface area contributed by atoms with E-state index in [2.05, 4.69) is 31.3 Å². The molecule has 29 heavy (non-hydrogen) atoms. The van der Waals surface area contributed by atoms with Crippen LogP contribution in [0.15, 0.2) is 62.8 Å². The lowest BCUT2D eigenvalue weighted by Crippen LogP contribution is -2.27. The molecule has 0 aliphatic carbocycles. The molecule has 0 atom stereocenters. The summed E-state index contributed by atoms with van der Waals surface area (Å²) in [5, 5.41) is 7.45. The molecule has 0 unspecified atom stereocenters. The molecule has 0 fully saturated rings. The third kappa shape index (κ3) is 4.14. The number of rotatable bonds is 6. The number of carbonyl (C=O) groups excluding carboxylic acids is 1. The Labute approximate surface area is 174 Å². The van der Waals surface area contributed by atoms with Gasteiger partial charge in [0, 0.05) is 6.54 Å². The number of halogens is 1. The highest BCUT2D eigenvalue weighted by Gasteiger charge is 2.12. The average molecular weight is 456 g/mol. The Hall–Kier alpha value is -3.20. The second-order valence-corrected chi connectivity index (χ2v) is 7.41. The Morgan fingerprint density at radius 2 is 2.14 bits per heavy atom. The summed E-state index contributed by atoms with van der Waals surface area (Å²) < 4.78 is 8.88. The Balaban J connectivity index is 1.47. The standard InChI is InChI=1S/C20H18BrN5O3/c1-13-3-2-4-14(9-13)11-25-12-23-18-15(20(25)28)10-24-26(18)8-7-22-19(27)16-5-6-17(21)29-16/h2-6,9-10,12H,7-8,11H2,1H3,(H,22,27). The summed E-state index contributed by atoms with van der Waals surface area (Å²) in [5.41, 5.74) is 2.52. The maximum Gasteiger partial charge on any atom is 0.287 e. The van der Waals surface area contributed by atoms with Gasteiger partial charge in [-0.2, -0.15) is 5.10 Å². The molecule has 0 aliphatic heterocycles. The van der Waals surface area contributed by atoms with Crippen LogP contribution >= 0.6 is 15.9 Å². The number of nitrogens with zero attached hydrogens (tertiary/aromatic N) is 4. The Bertz CT molecular complexity index is 1240. The van der Waals surface area contributed by atoms with Crippen molar-refractivity contribution in [3.8, 4) is 0 Å². The number of nitrogens with one attached hydrogen (secondary N) is 1. The van der Waals surface area contributed by atoms with Gasteiger partial charge in [0.15, 0.2) is 16.1 Å². The normalized spacial score (nSPS) is 11.1. The minimum Gasteiger partial charge on any atom is -0.444 e. The largest absolute Gasteiger partial charge is 0.444 e. The van der Waals surface area contributed by atoms with Gasteiger partial charge in [-0.1, -0.05) is 29.8 Å². The zero-order valence-electron chi connectivity index (χ0n) is 15.6. The third-order valence-electron chi connectivity index (χ3n) is 4.46. The predicted molar refractivity (Wildman–Crippen MR) is 111 cm³/mol. The lowest BCUT2D eigenvalue weighted by atomic mass is 10.1. The number of benzene rings is 1. The summed E-state index contributed by atoms with van der Waals surface area (Å²) >= 11 is 3.16. The highest BCUT2D eigenvalue weighted by molar-refractivity contribution is 9.10. The topological polar surface area (TPSA) is 95.0 Å². The van der Waals surface area contributed by atoms with E-state index < -0.39 is 0 Å². The van der Waals surface area contributed by atoms with Crippen molar-refractivity contribution in [2.24, 2.45) is 0 Å². The fraction of sp³-hybridized carbons (Fsp3) is 0.200. The predicted octanol–water partition coefficient (Wildman–Crippen LogP) is 2.74. The molecule has 8 nitrogen and oxygen atoms in total. The van der Waals surface area contributed by atoms with Crippen LogP contribution in [0.25, 0.3) is 11.0 Å². The van der Waals surface area contributed by atoms with Gasteiger partial charge in [0.1, 0.15) is 11.7 Å². The first-order valence-corrected chi connectivity index (χ1v) is 9.80. The number of aryl methyl sites for hydroxylation is 1. The second kappa shape index (κ2) is 8.04. The van der Waals surface area contributed by atoms with Crippen LogP contribution in [-0.4, -0.2) is 31.8 Å². The molecule has 0 spiro atoms. The molecular formula is C20H18BrN5O3. The summed E-state index contributed by atoms with van der Waals surface area (Å²) in [4.78, 5) is 29.2. The highest BCUT2D eigenvalue weighted by Crippen LogP contribution is 2.13. The molecular weight excluding hydrogens is 438 g/mol. The first kappa shape index (κ1) is 19.1. The van der Waals surface area contributed by atoms with Crippen molar-refractivity contribution in [3.63, 3.8) is 0 Å². The fourth-order valence-electron chi connectivity index (χ4n) is 3.08. The molecule has 4 rings (SSSR count). The molecule has 0 aliphatic rings. The number of furan rings is 1. The molecule has 0 saturated heterocycles. The van der Waals surface area contributed by atoms with Crippen molar-refractivity contribution >= 4 is 32.9 Å². The van der Waals surface area contributed by atoms with Crippen LogP contribution in [0.5, 0.6) is 0 Å². The van der Waals surface area contributed by atoms with Crippen molar-refractivity contribution < 1.29 is 9.21 Å². The number of fused-ring (bicyclic) bond motifs is 1. The fourth-order valence-corrected chi connectivity index (χ4v) is 3.39. The van der Waals surface area contributed by atoms with Gasteiger partial charge in [0.2, 0.25) is 0 Å². The zero-order chi connectivity index (χ0) is 20.4. The van der Waals surface area contributed by atoms with Gasteiger partial charge in [-0.15, -0.1) is 0 Å². The van der Waals surface area contributed by atoms with Crippen molar-refractivity contribution in [2.45, 2.75) is 20.0 Å². The molecule has 3 aromatic heterocycles. The Kier molecular flexibility index (Phi) is 5.30. The quantitative estimate of drug-likeness (QED) is 0.482. The molecule has 0 radical (unpaired) electrons. The first-order chi connectivity index (χ1) is 14.0. The molecule has 1 aromatic carbocycles. The third-order valence-corrected chi connectivity index (χ3v) is 4.89. The summed E-state index contributed by atoms with van der Waals surface area (Å²) in [6.45, 7) is 3.16. The van der Waals surface area contributed by atoms with Gasteiger partial charge in [0.05, 0.1) is 19.3 Å². The molecule has 1 amide bonds. The number of carbonyl (C=O) groups is 1. The van der Waals surface area contributed by atoms with E-state index in [1.165, 1.54) is 12.5 Å². The molecule has 0 saturated carbocycles. The second-order valence-electron chi connectivity index (χ2n) is 6.63. The van der Waals surface area contributed by atoms with E-state index in [-0.39, 0.29) is 17.2 Å². The van der Waals surface area contributed by atoms with Crippen molar-refractivity contribution in [2.75, 3.05) is 6.54 Å². The maximum atomic E-state index is 12.8. The lowest BCUT2D eigenvalue weighted by molar-refractivity contribution is 0.0923. The SMILES string of the molecule is Cc1cccc(Cn2cnc3c(cnn3CCNC(=O)c3ccc(Br)o3)c2=O)c1. The van der Waals surface area contributed by atoms with E-state index in [9.17, 15) is 9.59 Å². The Morgan fingerprint density at radius 3 is 2.90 bits per heavy atom. The zero-order valence-corrected chi connectivity index (χ0v) is 17.2. The first-order valence-electron chi connectivity index (χ1n) is 9.01. The molecule has 148 valence electrons. The molecule has 4 aromatic rings. The number of hydrogen-bond donors (Lipinski definition) is 1. The van der Waals surface area contributed by atoms with Crippen LogP contribution < -0.4 is 10.9 Å². The Morgan fingerprint density at radius 1 is 1.28 bits per heavy atom. The van der Waals surface area contributed by atoms with Gasteiger partial charge >= 0.3 is 0 Å². The number of amides is 1. The van der Waals surface area contributed by atoms with Crippen LogP contribution in [0.3, 0.4) is 0 Å². The van der Waals surface area contributed by atoms with Crippen LogP contribution in [0.2, 0.25) is 0 Å². The van der Waals surface area contributed by atoms with Gasteiger partial charge in [-0.3, -0.25) is 14.2 Å².